The highest BCUT2D eigenvalue weighted by Gasteiger charge is 2.45. The van der Waals surface area contributed by atoms with E-state index in [1.807, 2.05) is 32.2 Å². The molecule has 5 nitrogen and oxygen atoms in total. The van der Waals surface area contributed by atoms with E-state index in [-0.39, 0.29) is 6.42 Å². The smallest absolute Gasteiger partial charge is 0.318 e. The number of cyclic esters (lactones) is 2. The van der Waals surface area contributed by atoms with Crippen molar-refractivity contribution in [3.63, 3.8) is 0 Å². The largest absolute Gasteiger partial charge is 0.481 e. The topological polar surface area (TPSA) is 80.7 Å². The number of ether oxygens (including phenoxy) is 1. The fraction of sp³-hybridized carbons (Fsp3) is 0.438. The van der Waals surface area contributed by atoms with Gasteiger partial charge >= 0.3 is 17.9 Å². The molecule has 6 heteroatoms. The van der Waals surface area contributed by atoms with Crippen molar-refractivity contribution in [3.8, 4) is 0 Å². The Kier molecular flexibility index (Phi) is 4.90. The van der Waals surface area contributed by atoms with Gasteiger partial charge in [0.2, 0.25) is 0 Å². The molecule has 1 saturated heterocycles. The summed E-state index contributed by atoms with van der Waals surface area (Å²) in [6.45, 7) is 4.00. The molecule has 1 fully saturated rings. The average molecular weight is 322 g/mol. The van der Waals surface area contributed by atoms with E-state index < -0.39 is 29.7 Å². The monoisotopic (exact) mass is 322 g/mol. The highest BCUT2D eigenvalue weighted by Crippen LogP contribution is 2.33. The lowest BCUT2D eigenvalue weighted by atomic mass is 9.86. The SMILES string of the molecule is CSc1cc(C)c(C)cc1CC1C(=O)OC(=O)C1CC(=O)O. The first-order valence-corrected chi connectivity index (χ1v) is 8.17. The lowest BCUT2D eigenvalue weighted by Crippen LogP contribution is -2.23. The number of carbonyl (C=O) groups is 3. The maximum atomic E-state index is 11.9. The molecule has 118 valence electrons. The van der Waals surface area contributed by atoms with Gasteiger partial charge in [-0.2, -0.15) is 0 Å². The average Bonchev–Trinajstić information content (AvgIpc) is 2.69. The molecule has 0 bridgehead atoms. The summed E-state index contributed by atoms with van der Waals surface area (Å²) < 4.78 is 4.64. The summed E-state index contributed by atoms with van der Waals surface area (Å²) in [5.74, 6) is -4.08. The maximum Gasteiger partial charge on any atom is 0.318 e. The predicted molar refractivity (Wildman–Crippen MR) is 81.7 cm³/mol. The van der Waals surface area contributed by atoms with Crippen molar-refractivity contribution in [2.24, 2.45) is 11.8 Å². The highest BCUT2D eigenvalue weighted by molar-refractivity contribution is 7.98. The van der Waals surface area contributed by atoms with Crippen molar-refractivity contribution in [1.82, 2.24) is 0 Å². The van der Waals surface area contributed by atoms with Crippen LogP contribution >= 0.6 is 11.8 Å². The molecule has 0 radical (unpaired) electrons. The molecule has 1 aromatic rings. The minimum atomic E-state index is -1.10. The van der Waals surface area contributed by atoms with Crippen LogP contribution in [0.25, 0.3) is 0 Å². The molecular formula is C16H18O5S. The van der Waals surface area contributed by atoms with Gasteiger partial charge in [-0.05, 0) is 49.3 Å². The third-order valence-corrected chi connectivity index (χ3v) is 4.84. The number of benzene rings is 1. The normalized spacial score (nSPS) is 21.0. The van der Waals surface area contributed by atoms with Crippen molar-refractivity contribution in [1.29, 1.82) is 0 Å². The Morgan fingerprint density at radius 2 is 1.77 bits per heavy atom. The number of aryl methyl sites for hydroxylation is 2. The zero-order valence-electron chi connectivity index (χ0n) is 12.7. The van der Waals surface area contributed by atoms with Crippen LogP contribution in [0, 0.1) is 25.7 Å². The van der Waals surface area contributed by atoms with Gasteiger partial charge in [-0.25, -0.2) is 0 Å². The molecule has 1 aromatic carbocycles. The molecule has 1 N–H and O–H groups in total. The summed E-state index contributed by atoms with van der Waals surface area (Å²) in [6, 6.07) is 4.04. The molecule has 0 spiro atoms. The van der Waals surface area contributed by atoms with Crippen LogP contribution in [-0.4, -0.2) is 29.3 Å². The van der Waals surface area contributed by atoms with E-state index in [0.29, 0.717) is 6.42 Å². The van der Waals surface area contributed by atoms with E-state index >= 15 is 0 Å². The van der Waals surface area contributed by atoms with Gasteiger partial charge in [0.1, 0.15) is 0 Å². The van der Waals surface area contributed by atoms with Gasteiger partial charge in [-0.15, -0.1) is 11.8 Å². The molecule has 2 unspecified atom stereocenters. The van der Waals surface area contributed by atoms with E-state index in [2.05, 4.69) is 4.74 Å². The van der Waals surface area contributed by atoms with Gasteiger partial charge in [0.15, 0.2) is 0 Å². The fourth-order valence-electron chi connectivity index (χ4n) is 2.65. The number of hydrogen-bond donors (Lipinski definition) is 1. The summed E-state index contributed by atoms with van der Waals surface area (Å²) in [6.07, 6.45) is 1.88. The molecule has 1 heterocycles. The summed E-state index contributed by atoms with van der Waals surface area (Å²) >= 11 is 1.57. The number of carboxylic acids is 1. The minimum Gasteiger partial charge on any atom is -0.481 e. The molecular weight excluding hydrogens is 304 g/mol. The van der Waals surface area contributed by atoms with Crippen molar-refractivity contribution in [2.45, 2.75) is 31.6 Å². The Morgan fingerprint density at radius 3 is 2.36 bits per heavy atom. The second kappa shape index (κ2) is 6.52. The zero-order chi connectivity index (χ0) is 16.4. The van der Waals surface area contributed by atoms with Gasteiger partial charge in [0, 0.05) is 4.90 Å². The quantitative estimate of drug-likeness (QED) is 0.509. The van der Waals surface area contributed by atoms with E-state index in [9.17, 15) is 14.4 Å². The Bertz CT molecular complexity index is 638. The molecule has 0 saturated carbocycles. The summed E-state index contributed by atoms with van der Waals surface area (Å²) in [4.78, 5) is 35.5. The fourth-order valence-corrected chi connectivity index (χ4v) is 3.35. The number of rotatable bonds is 5. The number of carboxylic acid groups (broad SMARTS) is 1. The number of carbonyl (C=O) groups excluding carboxylic acids is 2. The summed E-state index contributed by atoms with van der Waals surface area (Å²) in [7, 11) is 0. The first-order chi connectivity index (χ1) is 10.3. The van der Waals surface area contributed by atoms with Crippen LogP contribution in [-0.2, 0) is 25.5 Å². The van der Waals surface area contributed by atoms with Gasteiger partial charge in [-0.1, -0.05) is 6.07 Å². The van der Waals surface area contributed by atoms with Gasteiger partial charge in [0.25, 0.3) is 0 Å². The van der Waals surface area contributed by atoms with E-state index in [1.165, 1.54) is 0 Å². The van der Waals surface area contributed by atoms with E-state index in [0.717, 1.165) is 21.6 Å². The van der Waals surface area contributed by atoms with Crippen LogP contribution in [0.3, 0.4) is 0 Å². The molecule has 2 rings (SSSR count). The molecule has 0 aliphatic carbocycles. The third-order valence-electron chi connectivity index (χ3n) is 4.02. The minimum absolute atomic E-state index is 0.319. The van der Waals surface area contributed by atoms with Gasteiger partial charge in [0.05, 0.1) is 18.3 Å². The van der Waals surface area contributed by atoms with Crippen molar-refractivity contribution >= 4 is 29.7 Å². The lowest BCUT2D eigenvalue weighted by Gasteiger charge is -2.16. The number of hydrogen-bond acceptors (Lipinski definition) is 5. The number of thioether (sulfide) groups is 1. The first-order valence-electron chi connectivity index (χ1n) is 6.95. The van der Waals surface area contributed by atoms with E-state index in [1.54, 1.807) is 11.8 Å². The van der Waals surface area contributed by atoms with Crippen LogP contribution in [0.5, 0.6) is 0 Å². The van der Waals surface area contributed by atoms with Crippen molar-refractivity contribution < 1.29 is 24.2 Å². The third kappa shape index (κ3) is 3.32. The van der Waals surface area contributed by atoms with Crippen LogP contribution in [0.4, 0.5) is 0 Å². The van der Waals surface area contributed by atoms with Crippen LogP contribution in [0.2, 0.25) is 0 Å². The lowest BCUT2D eigenvalue weighted by molar-refractivity contribution is -0.155. The Balaban J connectivity index is 2.31. The molecule has 0 aromatic heterocycles. The number of esters is 2. The maximum absolute atomic E-state index is 11.9. The zero-order valence-corrected chi connectivity index (χ0v) is 13.5. The molecule has 22 heavy (non-hydrogen) atoms. The van der Waals surface area contributed by atoms with Crippen molar-refractivity contribution in [3.05, 3.63) is 28.8 Å². The Morgan fingerprint density at radius 1 is 1.18 bits per heavy atom. The standard InChI is InChI=1S/C16H18O5S/c1-8-4-10(13(22-3)5-9(8)2)6-11-12(7-14(17)18)16(20)21-15(11)19/h4-5,11-12H,6-7H2,1-3H3,(H,17,18). The molecule has 2 atom stereocenters. The second-order valence-corrected chi connectivity index (χ2v) is 6.35. The van der Waals surface area contributed by atoms with E-state index in [4.69, 9.17) is 5.11 Å². The Hall–Kier alpha value is -1.82. The molecule has 1 aliphatic rings. The Labute approximate surface area is 133 Å². The molecule has 1 aliphatic heterocycles. The van der Waals surface area contributed by atoms with Crippen LogP contribution in [0.1, 0.15) is 23.1 Å². The predicted octanol–water partition coefficient (Wildman–Crippen LogP) is 2.36. The summed E-state index contributed by atoms with van der Waals surface area (Å²) in [5, 5.41) is 8.92. The molecule has 0 amide bonds. The van der Waals surface area contributed by atoms with Crippen LogP contribution < -0.4 is 0 Å². The first kappa shape index (κ1) is 16.5. The van der Waals surface area contributed by atoms with Crippen molar-refractivity contribution in [2.75, 3.05) is 6.26 Å². The van der Waals surface area contributed by atoms with Gasteiger partial charge in [-0.3, -0.25) is 14.4 Å². The number of aliphatic carboxylic acids is 1. The summed E-state index contributed by atoms with van der Waals surface area (Å²) in [5.41, 5.74) is 3.20. The second-order valence-electron chi connectivity index (χ2n) is 5.50. The highest BCUT2D eigenvalue weighted by atomic mass is 32.2. The van der Waals surface area contributed by atoms with Crippen LogP contribution in [0.15, 0.2) is 17.0 Å². The van der Waals surface area contributed by atoms with Gasteiger partial charge < -0.3 is 9.84 Å².